The number of thioether (sulfide) groups is 1. The molecule has 3 heteroatoms. The van der Waals surface area contributed by atoms with Gasteiger partial charge in [0.2, 0.25) is 0 Å². The molecule has 0 aliphatic rings. The first-order valence-electron chi connectivity index (χ1n) is 7.92. The van der Waals surface area contributed by atoms with Gasteiger partial charge in [0.05, 0.1) is 5.92 Å². The first-order chi connectivity index (χ1) is 9.11. The molecule has 114 valence electrons. The normalized spacial score (nSPS) is 14.3. The first kappa shape index (κ1) is 18.8. The molecule has 0 aromatic heterocycles. The summed E-state index contributed by atoms with van der Waals surface area (Å²) in [7, 11) is 0. The van der Waals surface area contributed by atoms with Gasteiger partial charge in [-0.3, -0.25) is 4.79 Å². The Morgan fingerprint density at radius 3 is 2.21 bits per heavy atom. The van der Waals surface area contributed by atoms with Gasteiger partial charge in [-0.15, -0.1) is 0 Å². The molecule has 1 N–H and O–H groups in total. The van der Waals surface area contributed by atoms with E-state index in [9.17, 15) is 4.79 Å². The van der Waals surface area contributed by atoms with Crippen LogP contribution in [0, 0.1) is 11.8 Å². The summed E-state index contributed by atoms with van der Waals surface area (Å²) in [6, 6.07) is 0. The lowest BCUT2D eigenvalue weighted by atomic mass is 9.97. The standard InChI is InChI=1S/C16H32O2S/c1-4-6-8-9-11-15(10-7-5-2)13-19-12-14(3)16(17)18/h14-15H,4-13H2,1-3H3,(H,17,18). The van der Waals surface area contributed by atoms with E-state index in [1.807, 2.05) is 11.8 Å². The predicted octanol–water partition coefficient (Wildman–Crippen LogP) is 5.22. The monoisotopic (exact) mass is 288 g/mol. The second-order valence-corrected chi connectivity index (χ2v) is 6.71. The molecule has 0 heterocycles. The van der Waals surface area contributed by atoms with Crippen LogP contribution < -0.4 is 0 Å². The molecule has 0 aliphatic heterocycles. The zero-order chi connectivity index (χ0) is 14.5. The molecular formula is C16H32O2S. The number of carbonyl (C=O) groups is 1. The van der Waals surface area contributed by atoms with Gasteiger partial charge in [0.25, 0.3) is 0 Å². The smallest absolute Gasteiger partial charge is 0.307 e. The van der Waals surface area contributed by atoms with Crippen molar-refractivity contribution in [1.29, 1.82) is 0 Å². The summed E-state index contributed by atoms with van der Waals surface area (Å²) in [5.74, 6) is 1.82. The van der Waals surface area contributed by atoms with E-state index in [4.69, 9.17) is 5.11 Å². The van der Waals surface area contributed by atoms with Crippen LogP contribution in [0.15, 0.2) is 0 Å². The molecule has 0 aromatic carbocycles. The van der Waals surface area contributed by atoms with Crippen LogP contribution in [0.25, 0.3) is 0 Å². The topological polar surface area (TPSA) is 37.3 Å². The highest BCUT2D eigenvalue weighted by Gasteiger charge is 2.13. The number of unbranched alkanes of at least 4 members (excludes halogenated alkanes) is 4. The number of aliphatic carboxylic acids is 1. The van der Waals surface area contributed by atoms with Crippen LogP contribution in [0.5, 0.6) is 0 Å². The lowest BCUT2D eigenvalue weighted by molar-refractivity contribution is -0.140. The Balaban J connectivity index is 3.81. The maximum absolute atomic E-state index is 10.8. The maximum Gasteiger partial charge on any atom is 0.307 e. The molecule has 0 amide bonds. The zero-order valence-corrected chi connectivity index (χ0v) is 13.8. The summed E-state index contributed by atoms with van der Waals surface area (Å²) >= 11 is 1.83. The molecule has 19 heavy (non-hydrogen) atoms. The number of hydrogen-bond donors (Lipinski definition) is 1. The van der Waals surface area contributed by atoms with Crippen LogP contribution in [0.4, 0.5) is 0 Å². The van der Waals surface area contributed by atoms with Gasteiger partial charge in [-0.05, 0) is 24.5 Å². The van der Waals surface area contributed by atoms with Crippen molar-refractivity contribution >= 4 is 17.7 Å². The summed E-state index contributed by atoms with van der Waals surface area (Å²) in [4.78, 5) is 10.8. The number of hydrogen-bond acceptors (Lipinski definition) is 2. The minimum atomic E-state index is -0.666. The summed E-state index contributed by atoms with van der Waals surface area (Å²) in [6.45, 7) is 6.29. The van der Waals surface area contributed by atoms with Crippen molar-refractivity contribution in [2.75, 3.05) is 11.5 Å². The van der Waals surface area contributed by atoms with Gasteiger partial charge in [0.1, 0.15) is 0 Å². The van der Waals surface area contributed by atoms with Crippen LogP contribution in [0.2, 0.25) is 0 Å². The molecule has 0 saturated heterocycles. The van der Waals surface area contributed by atoms with Crippen LogP contribution in [-0.4, -0.2) is 22.6 Å². The van der Waals surface area contributed by atoms with Crippen molar-refractivity contribution in [3.63, 3.8) is 0 Å². The van der Waals surface area contributed by atoms with E-state index < -0.39 is 5.97 Å². The van der Waals surface area contributed by atoms with E-state index in [-0.39, 0.29) is 5.92 Å². The lowest BCUT2D eigenvalue weighted by Gasteiger charge is -2.17. The quantitative estimate of drug-likeness (QED) is 0.472. The summed E-state index contributed by atoms with van der Waals surface area (Å²) in [5, 5.41) is 8.88. The summed E-state index contributed by atoms with van der Waals surface area (Å²) in [5.41, 5.74) is 0. The molecule has 0 rings (SSSR count). The molecular weight excluding hydrogens is 256 g/mol. The Bertz CT molecular complexity index is 219. The number of rotatable bonds is 13. The third kappa shape index (κ3) is 11.4. The fourth-order valence-corrected chi connectivity index (χ4v) is 3.45. The molecule has 0 aromatic rings. The average molecular weight is 288 g/mol. The Morgan fingerprint density at radius 1 is 1.00 bits per heavy atom. The third-order valence-electron chi connectivity index (χ3n) is 3.57. The van der Waals surface area contributed by atoms with E-state index in [0.717, 1.165) is 17.4 Å². The Kier molecular flexibility index (Phi) is 12.7. The van der Waals surface area contributed by atoms with Gasteiger partial charge >= 0.3 is 5.97 Å². The van der Waals surface area contributed by atoms with Gasteiger partial charge in [0, 0.05) is 5.75 Å². The van der Waals surface area contributed by atoms with Gasteiger partial charge in [-0.25, -0.2) is 0 Å². The van der Waals surface area contributed by atoms with Crippen LogP contribution in [0.1, 0.15) is 72.1 Å². The third-order valence-corrected chi connectivity index (χ3v) is 5.02. The van der Waals surface area contributed by atoms with Crippen LogP contribution in [-0.2, 0) is 4.79 Å². The van der Waals surface area contributed by atoms with Gasteiger partial charge < -0.3 is 5.11 Å². The van der Waals surface area contributed by atoms with Crippen LogP contribution in [0.3, 0.4) is 0 Å². The summed E-state index contributed by atoms with van der Waals surface area (Å²) < 4.78 is 0. The minimum Gasteiger partial charge on any atom is -0.481 e. The van der Waals surface area contributed by atoms with E-state index in [2.05, 4.69) is 13.8 Å². The van der Waals surface area contributed by atoms with Crippen molar-refractivity contribution in [3.05, 3.63) is 0 Å². The van der Waals surface area contributed by atoms with Crippen molar-refractivity contribution in [2.45, 2.75) is 72.1 Å². The lowest BCUT2D eigenvalue weighted by Crippen LogP contribution is -2.13. The second kappa shape index (κ2) is 12.8. The SMILES string of the molecule is CCCCCCC(CCCC)CSCC(C)C(=O)O. The van der Waals surface area contributed by atoms with E-state index in [1.165, 1.54) is 51.4 Å². The average Bonchev–Trinajstić information content (AvgIpc) is 2.39. The molecule has 2 atom stereocenters. The fraction of sp³-hybridized carbons (Fsp3) is 0.938. The van der Waals surface area contributed by atoms with Crippen LogP contribution >= 0.6 is 11.8 Å². The number of carboxylic acids is 1. The Morgan fingerprint density at radius 2 is 1.63 bits per heavy atom. The highest BCUT2D eigenvalue weighted by molar-refractivity contribution is 7.99. The second-order valence-electron chi connectivity index (χ2n) is 5.63. The van der Waals surface area contributed by atoms with E-state index >= 15 is 0 Å². The molecule has 0 bridgehead atoms. The van der Waals surface area contributed by atoms with Gasteiger partial charge in [-0.2, -0.15) is 11.8 Å². The minimum absolute atomic E-state index is 0.211. The van der Waals surface area contributed by atoms with Crippen molar-refractivity contribution in [2.24, 2.45) is 11.8 Å². The molecule has 2 nitrogen and oxygen atoms in total. The highest BCUT2D eigenvalue weighted by Crippen LogP contribution is 2.23. The van der Waals surface area contributed by atoms with E-state index in [1.54, 1.807) is 6.92 Å². The maximum atomic E-state index is 10.8. The Hall–Kier alpha value is -0.180. The van der Waals surface area contributed by atoms with Crippen molar-refractivity contribution < 1.29 is 9.90 Å². The highest BCUT2D eigenvalue weighted by atomic mass is 32.2. The van der Waals surface area contributed by atoms with Gasteiger partial charge in [-0.1, -0.05) is 59.3 Å². The van der Waals surface area contributed by atoms with Crippen molar-refractivity contribution in [1.82, 2.24) is 0 Å². The molecule has 0 fully saturated rings. The molecule has 0 spiro atoms. The Labute approximate surface area is 123 Å². The molecule has 0 radical (unpaired) electrons. The van der Waals surface area contributed by atoms with E-state index in [0.29, 0.717) is 0 Å². The zero-order valence-electron chi connectivity index (χ0n) is 13.0. The number of carboxylic acid groups (broad SMARTS) is 1. The first-order valence-corrected chi connectivity index (χ1v) is 9.07. The fourth-order valence-electron chi connectivity index (χ4n) is 2.15. The van der Waals surface area contributed by atoms with Gasteiger partial charge in [0.15, 0.2) is 0 Å². The molecule has 0 aliphatic carbocycles. The largest absolute Gasteiger partial charge is 0.481 e. The van der Waals surface area contributed by atoms with Crippen molar-refractivity contribution in [3.8, 4) is 0 Å². The molecule has 2 unspecified atom stereocenters. The molecule has 0 saturated carbocycles. The summed E-state index contributed by atoms with van der Waals surface area (Å²) in [6.07, 6.45) is 10.6. The predicted molar refractivity (Wildman–Crippen MR) is 85.9 cm³/mol.